The van der Waals surface area contributed by atoms with Crippen molar-refractivity contribution in [3.63, 3.8) is 0 Å². The molecule has 19 heavy (non-hydrogen) atoms. The minimum absolute atomic E-state index is 0.225. The van der Waals surface area contributed by atoms with Crippen LogP contribution in [0.15, 0.2) is 42.6 Å². The summed E-state index contributed by atoms with van der Waals surface area (Å²) in [5.41, 5.74) is 7.25. The van der Waals surface area contributed by atoms with E-state index in [1.165, 1.54) is 29.3 Å². The van der Waals surface area contributed by atoms with Crippen LogP contribution in [0.25, 0.3) is 0 Å². The summed E-state index contributed by atoms with van der Waals surface area (Å²) in [5.74, 6) is -0.521. The van der Waals surface area contributed by atoms with E-state index in [1.54, 1.807) is 25.2 Å². The lowest BCUT2D eigenvalue weighted by molar-refractivity contribution is 0.0779. The van der Waals surface area contributed by atoms with E-state index in [-0.39, 0.29) is 11.7 Å². The third kappa shape index (κ3) is 3.28. The number of hydrogen-bond donors (Lipinski definition) is 1. The lowest BCUT2D eigenvalue weighted by atomic mass is 10.2. The summed E-state index contributed by atoms with van der Waals surface area (Å²) in [7, 11) is 1.66. The highest BCUT2D eigenvalue weighted by Gasteiger charge is 2.13. The van der Waals surface area contributed by atoms with Crippen LogP contribution in [0.5, 0.6) is 0 Å². The lowest BCUT2D eigenvalue weighted by Gasteiger charge is -2.16. The molecule has 0 aliphatic heterocycles. The van der Waals surface area contributed by atoms with Crippen molar-refractivity contribution in [3.8, 4) is 0 Å². The number of nitrogens with two attached hydrogens (primary N) is 1. The molecule has 0 saturated carbocycles. The molecule has 0 atom stereocenters. The summed E-state index contributed by atoms with van der Waals surface area (Å²) in [6.45, 7) is 0.385. The van der Waals surface area contributed by atoms with Crippen LogP contribution in [-0.4, -0.2) is 22.8 Å². The highest BCUT2D eigenvalue weighted by Crippen LogP contribution is 2.10. The average Bonchev–Trinajstić information content (AvgIpc) is 2.40. The fourth-order valence-corrected chi connectivity index (χ4v) is 1.69. The van der Waals surface area contributed by atoms with Gasteiger partial charge in [0.2, 0.25) is 0 Å². The third-order valence-corrected chi connectivity index (χ3v) is 2.68. The number of carbonyl (C=O) groups is 1. The second-order valence-electron chi connectivity index (χ2n) is 4.26. The van der Waals surface area contributed by atoms with Gasteiger partial charge in [-0.05, 0) is 29.8 Å². The number of anilines is 1. The fraction of sp³-hybridized carbons (Fsp3) is 0.143. The molecule has 98 valence electrons. The van der Waals surface area contributed by atoms with Gasteiger partial charge in [0.05, 0.1) is 0 Å². The number of aromatic nitrogens is 1. The van der Waals surface area contributed by atoms with Gasteiger partial charge in [-0.25, -0.2) is 4.39 Å². The van der Waals surface area contributed by atoms with E-state index in [4.69, 9.17) is 5.73 Å². The van der Waals surface area contributed by atoms with Crippen molar-refractivity contribution >= 4 is 11.6 Å². The Labute approximate surface area is 110 Å². The van der Waals surface area contributed by atoms with E-state index in [1.807, 2.05) is 0 Å². The highest BCUT2D eigenvalue weighted by molar-refractivity contribution is 5.92. The van der Waals surface area contributed by atoms with Crippen LogP contribution in [0.3, 0.4) is 0 Å². The molecule has 1 amide bonds. The zero-order valence-electron chi connectivity index (χ0n) is 10.5. The monoisotopic (exact) mass is 259 g/mol. The number of halogens is 1. The molecule has 0 spiro atoms. The van der Waals surface area contributed by atoms with Gasteiger partial charge >= 0.3 is 0 Å². The predicted molar refractivity (Wildman–Crippen MR) is 70.8 cm³/mol. The topological polar surface area (TPSA) is 59.2 Å². The first kappa shape index (κ1) is 13.0. The number of nitrogens with zero attached hydrogens (tertiary/aromatic N) is 2. The predicted octanol–water partition coefficient (Wildman–Crippen LogP) is 2.08. The average molecular weight is 259 g/mol. The smallest absolute Gasteiger partial charge is 0.272 e. The molecular formula is C14H14FN3O. The van der Waals surface area contributed by atoms with Crippen molar-refractivity contribution in [2.24, 2.45) is 0 Å². The molecule has 2 aromatic rings. The molecule has 4 nitrogen and oxygen atoms in total. The van der Waals surface area contributed by atoms with Crippen molar-refractivity contribution < 1.29 is 9.18 Å². The maximum absolute atomic E-state index is 12.8. The molecule has 1 heterocycles. The maximum Gasteiger partial charge on any atom is 0.272 e. The SMILES string of the molecule is CN(Cc1ccc(F)cc1)C(=O)c1cc(N)ccn1. The summed E-state index contributed by atoms with van der Waals surface area (Å²) in [4.78, 5) is 17.6. The van der Waals surface area contributed by atoms with Crippen molar-refractivity contribution in [1.82, 2.24) is 9.88 Å². The molecule has 2 rings (SSSR count). The molecule has 0 aliphatic carbocycles. The van der Waals surface area contributed by atoms with Crippen LogP contribution in [0.1, 0.15) is 16.1 Å². The van der Waals surface area contributed by atoms with Crippen molar-refractivity contribution in [2.75, 3.05) is 12.8 Å². The first-order chi connectivity index (χ1) is 9.06. The lowest BCUT2D eigenvalue weighted by Crippen LogP contribution is -2.27. The second-order valence-corrected chi connectivity index (χ2v) is 4.26. The minimum Gasteiger partial charge on any atom is -0.399 e. The van der Waals surface area contributed by atoms with Crippen molar-refractivity contribution in [2.45, 2.75) is 6.54 Å². The first-order valence-corrected chi connectivity index (χ1v) is 5.77. The van der Waals surface area contributed by atoms with Gasteiger partial charge in [0.25, 0.3) is 5.91 Å². The van der Waals surface area contributed by atoms with Gasteiger partial charge in [0, 0.05) is 25.5 Å². The molecule has 0 fully saturated rings. The van der Waals surface area contributed by atoms with Crippen LogP contribution >= 0.6 is 0 Å². The Bertz CT molecular complexity index is 583. The van der Waals surface area contributed by atoms with Crippen LogP contribution in [0, 0.1) is 5.82 Å². The summed E-state index contributed by atoms with van der Waals surface area (Å²) in [6, 6.07) is 9.18. The summed E-state index contributed by atoms with van der Waals surface area (Å²) in [5, 5.41) is 0. The molecule has 0 radical (unpaired) electrons. The van der Waals surface area contributed by atoms with Gasteiger partial charge in [-0.3, -0.25) is 9.78 Å². The largest absolute Gasteiger partial charge is 0.399 e. The molecule has 0 saturated heterocycles. The quantitative estimate of drug-likeness (QED) is 0.918. The Balaban J connectivity index is 2.09. The van der Waals surface area contributed by atoms with Crippen LogP contribution in [0.4, 0.5) is 10.1 Å². The Morgan fingerprint density at radius 3 is 2.63 bits per heavy atom. The van der Waals surface area contributed by atoms with E-state index >= 15 is 0 Å². The number of carbonyl (C=O) groups excluding carboxylic acids is 1. The summed E-state index contributed by atoms with van der Waals surface area (Å²) >= 11 is 0. The van der Waals surface area contributed by atoms with E-state index in [0.717, 1.165) is 5.56 Å². The second kappa shape index (κ2) is 5.48. The van der Waals surface area contributed by atoms with Gasteiger partial charge in [-0.1, -0.05) is 12.1 Å². The van der Waals surface area contributed by atoms with Gasteiger partial charge in [0.1, 0.15) is 11.5 Å². The normalized spacial score (nSPS) is 10.2. The van der Waals surface area contributed by atoms with Gasteiger partial charge in [-0.2, -0.15) is 0 Å². The molecule has 5 heteroatoms. The molecule has 1 aromatic heterocycles. The zero-order chi connectivity index (χ0) is 13.8. The maximum atomic E-state index is 12.8. The number of hydrogen-bond acceptors (Lipinski definition) is 3. The zero-order valence-corrected chi connectivity index (χ0v) is 10.5. The molecule has 0 aliphatic rings. The Hall–Kier alpha value is -2.43. The number of nitrogen functional groups attached to an aromatic ring is 1. The summed E-state index contributed by atoms with van der Waals surface area (Å²) < 4.78 is 12.8. The Morgan fingerprint density at radius 2 is 2.00 bits per heavy atom. The minimum atomic E-state index is -0.296. The summed E-state index contributed by atoms with van der Waals surface area (Å²) in [6.07, 6.45) is 1.49. The van der Waals surface area contributed by atoms with E-state index in [2.05, 4.69) is 4.98 Å². The van der Waals surface area contributed by atoms with Gasteiger partial charge < -0.3 is 10.6 Å². The third-order valence-electron chi connectivity index (χ3n) is 2.68. The fourth-order valence-electron chi connectivity index (χ4n) is 1.69. The molecule has 0 unspecified atom stereocenters. The van der Waals surface area contributed by atoms with Gasteiger partial charge in [0.15, 0.2) is 0 Å². The molecule has 2 N–H and O–H groups in total. The molecule has 0 bridgehead atoms. The Kier molecular flexibility index (Phi) is 3.75. The standard InChI is InChI=1S/C14H14FN3O/c1-18(9-10-2-4-11(15)5-3-10)14(19)13-8-12(16)6-7-17-13/h2-8H,9H2,1H3,(H2,16,17). The van der Waals surface area contributed by atoms with E-state index in [0.29, 0.717) is 17.9 Å². The molecule has 1 aromatic carbocycles. The van der Waals surface area contributed by atoms with Crippen molar-refractivity contribution in [3.05, 3.63) is 59.7 Å². The van der Waals surface area contributed by atoms with Crippen LogP contribution < -0.4 is 5.73 Å². The first-order valence-electron chi connectivity index (χ1n) is 5.77. The van der Waals surface area contributed by atoms with Crippen LogP contribution in [0.2, 0.25) is 0 Å². The highest BCUT2D eigenvalue weighted by atomic mass is 19.1. The van der Waals surface area contributed by atoms with E-state index in [9.17, 15) is 9.18 Å². The number of rotatable bonds is 3. The number of pyridine rings is 1. The van der Waals surface area contributed by atoms with Crippen molar-refractivity contribution in [1.29, 1.82) is 0 Å². The Morgan fingerprint density at radius 1 is 1.32 bits per heavy atom. The number of amides is 1. The van der Waals surface area contributed by atoms with E-state index < -0.39 is 0 Å². The van der Waals surface area contributed by atoms with Crippen LogP contribution in [-0.2, 0) is 6.54 Å². The number of benzene rings is 1. The van der Waals surface area contributed by atoms with Gasteiger partial charge in [-0.15, -0.1) is 0 Å². The molecular weight excluding hydrogens is 245 g/mol.